The molecule has 0 N–H and O–H groups in total. The summed E-state index contributed by atoms with van der Waals surface area (Å²) in [5.41, 5.74) is 1.07. The Morgan fingerprint density at radius 1 is 1.17 bits per heavy atom. The number of benzene rings is 1. The second kappa shape index (κ2) is 7.79. The first-order valence-corrected chi connectivity index (χ1v) is 10.8. The summed E-state index contributed by atoms with van der Waals surface area (Å²) in [4.78, 5) is 0. The molecule has 1 aromatic carbocycles. The van der Waals surface area contributed by atoms with Crippen LogP contribution >= 0.6 is 0 Å². The molecule has 2 rings (SSSR count). The third-order valence-electron chi connectivity index (χ3n) is 4.71. The average molecular weight is 339 g/mol. The zero-order valence-corrected chi connectivity index (χ0v) is 16.1. The molecule has 1 heterocycles. The predicted octanol–water partition coefficient (Wildman–Crippen LogP) is 3.85. The van der Waals surface area contributed by atoms with Gasteiger partial charge in [-0.25, -0.2) is 0 Å². The standard InChI is InChI=1S/C18H30O4Si/c1-6-7-8-9-12-18(2)21-14-15-13-16(10-11-17(15)22-18)23(5,19-3)20-4/h10-11,13H,6-9,12,14H2,1-5H3. The van der Waals surface area contributed by atoms with Crippen molar-refractivity contribution in [1.82, 2.24) is 0 Å². The Bertz CT molecular complexity index is 516. The van der Waals surface area contributed by atoms with Gasteiger partial charge in [0.2, 0.25) is 5.79 Å². The lowest BCUT2D eigenvalue weighted by molar-refractivity contribution is -0.198. The van der Waals surface area contributed by atoms with E-state index in [1.54, 1.807) is 14.2 Å². The zero-order valence-electron chi connectivity index (χ0n) is 15.1. The molecular formula is C18H30O4Si. The third kappa shape index (κ3) is 4.35. The lowest BCUT2D eigenvalue weighted by atomic mass is 10.1. The number of hydrogen-bond donors (Lipinski definition) is 0. The summed E-state index contributed by atoms with van der Waals surface area (Å²) >= 11 is 0. The second-order valence-electron chi connectivity index (χ2n) is 6.51. The largest absolute Gasteiger partial charge is 0.462 e. The van der Waals surface area contributed by atoms with E-state index in [1.165, 1.54) is 19.3 Å². The molecule has 23 heavy (non-hydrogen) atoms. The molecule has 1 aliphatic heterocycles. The van der Waals surface area contributed by atoms with Gasteiger partial charge >= 0.3 is 8.56 Å². The Morgan fingerprint density at radius 2 is 1.91 bits per heavy atom. The Morgan fingerprint density at radius 3 is 2.57 bits per heavy atom. The van der Waals surface area contributed by atoms with Crippen LogP contribution in [0.2, 0.25) is 6.55 Å². The van der Waals surface area contributed by atoms with Gasteiger partial charge in [-0.2, -0.15) is 0 Å². The first-order chi connectivity index (χ1) is 11.0. The van der Waals surface area contributed by atoms with Crippen molar-refractivity contribution in [3.8, 4) is 5.75 Å². The lowest BCUT2D eigenvalue weighted by Crippen LogP contribution is -2.50. The van der Waals surface area contributed by atoms with E-state index < -0.39 is 14.3 Å². The smallest absolute Gasteiger partial charge is 0.368 e. The van der Waals surface area contributed by atoms with Crippen LogP contribution in [0, 0.1) is 0 Å². The summed E-state index contributed by atoms with van der Waals surface area (Å²) in [5, 5.41) is 1.10. The molecule has 0 saturated carbocycles. The van der Waals surface area contributed by atoms with Crippen LogP contribution in [0.25, 0.3) is 0 Å². The second-order valence-corrected chi connectivity index (χ2v) is 9.80. The Labute approximate surface area is 141 Å². The summed E-state index contributed by atoms with van der Waals surface area (Å²) < 4.78 is 23.4. The van der Waals surface area contributed by atoms with Crippen LogP contribution in [0.15, 0.2) is 18.2 Å². The molecule has 1 unspecified atom stereocenters. The number of ether oxygens (including phenoxy) is 2. The normalized spacial score (nSPS) is 20.9. The summed E-state index contributed by atoms with van der Waals surface area (Å²) in [6.45, 7) is 6.88. The molecule has 4 nitrogen and oxygen atoms in total. The summed E-state index contributed by atoms with van der Waals surface area (Å²) in [6, 6.07) is 6.19. The van der Waals surface area contributed by atoms with Crippen LogP contribution in [0.3, 0.4) is 0 Å². The van der Waals surface area contributed by atoms with Crippen LogP contribution in [0.5, 0.6) is 5.75 Å². The summed E-state index contributed by atoms with van der Waals surface area (Å²) in [7, 11) is 1.10. The van der Waals surface area contributed by atoms with Gasteiger partial charge in [-0.15, -0.1) is 0 Å². The van der Waals surface area contributed by atoms with Gasteiger partial charge in [0.25, 0.3) is 0 Å². The number of fused-ring (bicyclic) bond motifs is 1. The molecule has 130 valence electrons. The van der Waals surface area contributed by atoms with E-state index in [9.17, 15) is 0 Å². The van der Waals surface area contributed by atoms with Crippen molar-refractivity contribution in [2.24, 2.45) is 0 Å². The van der Waals surface area contributed by atoms with Crippen LogP contribution < -0.4 is 9.92 Å². The molecule has 1 aromatic rings. The highest BCUT2D eigenvalue weighted by Gasteiger charge is 2.36. The fraction of sp³-hybridized carbons (Fsp3) is 0.667. The molecule has 0 amide bonds. The van der Waals surface area contributed by atoms with Crippen LogP contribution in [0.1, 0.15) is 51.5 Å². The fourth-order valence-electron chi connectivity index (χ4n) is 2.88. The van der Waals surface area contributed by atoms with Gasteiger partial charge in [0.15, 0.2) is 0 Å². The van der Waals surface area contributed by atoms with Crippen molar-refractivity contribution in [3.05, 3.63) is 23.8 Å². The average Bonchev–Trinajstić information content (AvgIpc) is 2.57. The van der Waals surface area contributed by atoms with Crippen LogP contribution in [-0.4, -0.2) is 28.6 Å². The molecule has 0 saturated heterocycles. The molecule has 0 spiro atoms. The van der Waals surface area contributed by atoms with Crippen molar-refractivity contribution < 1.29 is 18.3 Å². The van der Waals surface area contributed by atoms with Crippen molar-refractivity contribution in [3.63, 3.8) is 0 Å². The third-order valence-corrected chi connectivity index (χ3v) is 7.63. The van der Waals surface area contributed by atoms with Gasteiger partial charge in [-0.1, -0.05) is 32.3 Å². The van der Waals surface area contributed by atoms with E-state index in [0.29, 0.717) is 6.61 Å². The topological polar surface area (TPSA) is 36.9 Å². The highest BCUT2D eigenvalue weighted by molar-refractivity contribution is 6.79. The maximum absolute atomic E-state index is 6.15. The Kier molecular flexibility index (Phi) is 6.25. The van der Waals surface area contributed by atoms with Gasteiger partial charge < -0.3 is 18.3 Å². The van der Waals surface area contributed by atoms with Gasteiger partial charge in [0.05, 0.1) is 6.61 Å². The monoisotopic (exact) mass is 338 g/mol. The van der Waals surface area contributed by atoms with Crippen molar-refractivity contribution in [2.45, 2.75) is 64.9 Å². The first kappa shape index (κ1) is 18.5. The van der Waals surface area contributed by atoms with Crippen LogP contribution in [-0.2, 0) is 20.2 Å². The van der Waals surface area contributed by atoms with Gasteiger partial charge in [0.1, 0.15) is 5.75 Å². The molecule has 0 aliphatic carbocycles. The molecule has 5 heteroatoms. The first-order valence-electron chi connectivity index (χ1n) is 8.53. The minimum absolute atomic E-state index is 0.508. The van der Waals surface area contributed by atoms with E-state index in [4.69, 9.17) is 18.3 Å². The Hall–Kier alpha value is -0.883. The minimum Gasteiger partial charge on any atom is -0.462 e. The molecule has 0 radical (unpaired) electrons. The lowest BCUT2D eigenvalue weighted by Gasteiger charge is -2.36. The number of unbranched alkanes of at least 4 members (excludes halogenated alkanes) is 3. The van der Waals surface area contributed by atoms with E-state index >= 15 is 0 Å². The van der Waals surface area contributed by atoms with E-state index in [2.05, 4.69) is 19.1 Å². The molecule has 0 bridgehead atoms. The van der Waals surface area contributed by atoms with Crippen molar-refractivity contribution in [1.29, 1.82) is 0 Å². The number of rotatable bonds is 8. The molecular weight excluding hydrogens is 308 g/mol. The van der Waals surface area contributed by atoms with Gasteiger partial charge in [-0.05, 0) is 30.3 Å². The molecule has 0 aromatic heterocycles. The van der Waals surface area contributed by atoms with Gasteiger partial charge in [0, 0.05) is 33.1 Å². The summed E-state index contributed by atoms with van der Waals surface area (Å²) in [6.07, 6.45) is 5.81. The SMILES string of the molecule is CCCCCCC1(C)OCc2cc([Si](C)(OC)OC)ccc2O1. The van der Waals surface area contributed by atoms with E-state index in [-0.39, 0.29) is 0 Å². The maximum atomic E-state index is 6.15. The van der Waals surface area contributed by atoms with E-state index in [0.717, 1.165) is 29.3 Å². The highest BCUT2D eigenvalue weighted by atomic mass is 28.4. The molecule has 0 fully saturated rings. The van der Waals surface area contributed by atoms with E-state index in [1.807, 2.05) is 19.5 Å². The maximum Gasteiger partial charge on any atom is 0.368 e. The highest BCUT2D eigenvalue weighted by Crippen LogP contribution is 2.34. The van der Waals surface area contributed by atoms with Crippen LogP contribution in [0.4, 0.5) is 0 Å². The van der Waals surface area contributed by atoms with Crippen molar-refractivity contribution >= 4 is 13.7 Å². The van der Waals surface area contributed by atoms with Gasteiger partial charge in [-0.3, -0.25) is 0 Å². The molecule has 1 atom stereocenters. The van der Waals surface area contributed by atoms with Crippen molar-refractivity contribution in [2.75, 3.05) is 14.2 Å². The molecule has 1 aliphatic rings. The Balaban J connectivity index is 2.08. The quantitative estimate of drug-likeness (QED) is 0.533. The number of hydrogen-bond acceptors (Lipinski definition) is 4. The minimum atomic E-state index is -2.31. The fourth-order valence-corrected chi connectivity index (χ4v) is 4.34. The predicted molar refractivity (Wildman–Crippen MR) is 94.3 cm³/mol. The zero-order chi connectivity index (χ0) is 16.9. The summed E-state index contributed by atoms with van der Waals surface area (Å²) in [5.74, 6) is 0.410.